The first-order valence-electron chi connectivity index (χ1n) is 10.7. The molecule has 2 heterocycles. The first-order valence-corrected chi connectivity index (χ1v) is 10.7. The van der Waals surface area contributed by atoms with Crippen molar-refractivity contribution in [3.05, 3.63) is 35.5 Å². The summed E-state index contributed by atoms with van der Waals surface area (Å²) in [7, 11) is 0. The van der Waals surface area contributed by atoms with Gasteiger partial charge in [-0.25, -0.2) is 4.79 Å². The Morgan fingerprint density at radius 3 is 2.45 bits per heavy atom. The van der Waals surface area contributed by atoms with Gasteiger partial charge in [-0.3, -0.25) is 9.59 Å². The molecular weight excluding hydrogens is 400 g/mol. The lowest BCUT2D eigenvalue weighted by Crippen LogP contribution is -2.38. The topological polar surface area (TPSA) is 91.4 Å². The van der Waals surface area contributed by atoms with Gasteiger partial charge in [0.15, 0.2) is 0 Å². The highest BCUT2D eigenvalue weighted by molar-refractivity contribution is 5.91. The van der Waals surface area contributed by atoms with Gasteiger partial charge in [-0.1, -0.05) is 23.8 Å². The number of allylic oxidation sites excluding steroid dienone is 1. The lowest BCUT2D eigenvalue weighted by atomic mass is 9.83. The highest BCUT2D eigenvalue weighted by atomic mass is 16.6. The van der Waals surface area contributed by atoms with E-state index in [2.05, 4.69) is 12.7 Å². The van der Waals surface area contributed by atoms with Crippen LogP contribution in [-0.2, 0) is 33.3 Å². The molecule has 0 saturated carbocycles. The summed E-state index contributed by atoms with van der Waals surface area (Å²) in [5, 5.41) is 0. The Balaban J connectivity index is 1.98. The van der Waals surface area contributed by atoms with Gasteiger partial charge in [0.25, 0.3) is 0 Å². The SMILES string of the molecule is C=C1C(=O)O[C@@H]2[C@H]1[C@@H](OC(C)=O)C/C(C)=C\[C@@H](OC(C)=O)C/C(C)=C/CC[C@@]1(C)O[C@H]21. The Bertz CT molecular complexity index is 839. The number of esters is 3. The van der Waals surface area contributed by atoms with Gasteiger partial charge in [0.1, 0.15) is 24.4 Å². The van der Waals surface area contributed by atoms with Crippen LogP contribution in [0.4, 0.5) is 0 Å². The van der Waals surface area contributed by atoms with Crippen LogP contribution < -0.4 is 0 Å². The van der Waals surface area contributed by atoms with Crippen LogP contribution in [0.15, 0.2) is 35.5 Å². The molecule has 0 spiro atoms. The first-order chi connectivity index (χ1) is 14.5. The van der Waals surface area contributed by atoms with E-state index >= 15 is 0 Å². The summed E-state index contributed by atoms with van der Waals surface area (Å²) < 4.78 is 22.8. The molecule has 0 aromatic heterocycles. The van der Waals surface area contributed by atoms with Gasteiger partial charge in [0, 0.05) is 32.3 Å². The smallest absolute Gasteiger partial charge is 0.334 e. The molecule has 7 heteroatoms. The van der Waals surface area contributed by atoms with Crippen LogP contribution in [0.25, 0.3) is 0 Å². The van der Waals surface area contributed by atoms with Crippen LogP contribution in [0.2, 0.25) is 0 Å². The van der Waals surface area contributed by atoms with Gasteiger partial charge in [0.05, 0.1) is 11.5 Å². The maximum Gasteiger partial charge on any atom is 0.334 e. The summed E-state index contributed by atoms with van der Waals surface area (Å²) >= 11 is 0. The second-order valence-corrected chi connectivity index (χ2v) is 9.08. The van der Waals surface area contributed by atoms with Crippen molar-refractivity contribution >= 4 is 17.9 Å². The van der Waals surface area contributed by atoms with E-state index in [4.69, 9.17) is 18.9 Å². The van der Waals surface area contributed by atoms with Gasteiger partial charge in [-0.2, -0.15) is 0 Å². The van der Waals surface area contributed by atoms with Crippen molar-refractivity contribution in [3.63, 3.8) is 0 Å². The lowest BCUT2D eigenvalue weighted by molar-refractivity contribution is -0.150. The number of hydrogen-bond acceptors (Lipinski definition) is 7. The molecule has 0 radical (unpaired) electrons. The Kier molecular flexibility index (Phi) is 6.74. The Labute approximate surface area is 183 Å². The highest BCUT2D eigenvalue weighted by Crippen LogP contribution is 2.49. The zero-order valence-corrected chi connectivity index (χ0v) is 18.9. The zero-order valence-electron chi connectivity index (χ0n) is 18.9. The minimum absolute atomic E-state index is 0.270. The van der Waals surface area contributed by atoms with Crippen molar-refractivity contribution in [2.45, 2.75) is 90.3 Å². The fourth-order valence-corrected chi connectivity index (χ4v) is 4.68. The van der Waals surface area contributed by atoms with Gasteiger partial charge >= 0.3 is 17.9 Å². The number of hydrogen-bond donors (Lipinski definition) is 0. The second kappa shape index (κ2) is 8.99. The predicted molar refractivity (Wildman–Crippen MR) is 113 cm³/mol. The van der Waals surface area contributed by atoms with Gasteiger partial charge < -0.3 is 18.9 Å². The van der Waals surface area contributed by atoms with E-state index in [1.807, 2.05) is 26.8 Å². The predicted octanol–water partition coefficient (Wildman–Crippen LogP) is 3.57. The Morgan fingerprint density at radius 2 is 1.81 bits per heavy atom. The van der Waals surface area contributed by atoms with E-state index in [-0.39, 0.29) is 12.1 Å². The molecule has 2 saturated heterocycles. The maximum absolute atomic E-state index is 12.4. The third kappa shape index (κ3) is 5.45. The van der Waals surface area contributed by atoms with Crippen molar-refractivity contribution in [1.82, 2.24) is 0 Å². The average molecular weight is 433 g/mol. The summed E-state index contributed by atoms with van der Waals surface area (Å²) in [4.78, 5) is 35.9. The summed E-state index contributed by atoms with van der Waals surface area (Å²) in [6, 6.07) is 0. The molecule has 3 rings (SSSR count). The Morgan fingerprint density at radius 1 is 1.13 bits per heavy atom. The molecule has 0 N–H and O–H groups in total. The fourth-order valence-electron chi connectivity index (χ4n) is 4.68. The molecule has 3 aliphatic rings. The number of fused-ring (bicyclic) bond motifs is 3. The molecule has 2 fully saturated rings. The van der Waals surface area contributed by atoms with Crippen LogP contribution in [-0.4, -0.2) is 47.9 Å². The quantitative estimate of drug-likeness (QED) is 0.217. The van der Waals surface area contributed by atoms with E-state index in [0.717, 1.165) is 24.0 Å². The molecule has 0 aromatic carbocycles. The van der Waals surface area contributed by atoms with Gasteiger partial charge in [-0.15, -0.1) is 0 Å². The normalized spacial score (nSPS) is 39.5. The largest absolute Gasteiger partial charge is 0.461 e. The van der Waals surface area contributed by atoms with Gasteiger partial charge in [0.2, 0.25) is 0 Å². The second-order valence-electron chi connectivity index (χ2n) is 9.08. The molecule has 7 nitrogen and oxygen atoms in total. The molecule has 6 atom stereocenters. The monoisotopic (exact) mass is 432 g/mol. The van der Waals surface area contributed by atoms with Crippen LogP contribution in [0.5, 0.6) is 0 Å². The van der Waals surface area contributed by atoms with Crippen LogP contribution in [0, 0.1) is 5.92 Å². The number of carbonyl (C=O) groups is 3. The average Bonchev–Trinajstić information content (AvgIpc) is 3.20. The van der Waals surface area contributed by atoms with E-state index in [1.54, 1.807) is 0 Å². The summed E-state index contributed by atoms with van der Waals surface area (Å²) in [5.41, 5.74) is 1.87. The first kappa shape index (κ1) is 23.3. The molecule has 2 aliphatic heterocycles. The number of epoxide rings is 1. The standard InChI is InChI=1S/C24H32O7/c1-13-8-7-9-24(6)22(31-24)21-20(15(3)23(27)30-21)19(29-17(5)26)12-14(2)11-18(10-13)28-16(4)25/h8,11,18-22H,3,7,9-10,12H2,1-2,4-6H3/b13-8+,14-11-/t18-,19-,20+,21+,22+,24+/m0/s1. The summed E-state index contributed by atoms with van der Waals surface area (Å²) in [6.45, 7) is 12.6. The van der Waals surface area contributed by atoms with Gasteiger partial charge in [-0.05, 0) is 39.7 Å². The van der Waals surface area contributed by atoms with Crippen molar-refractivity contribution in [2.24, 2.45) is 5.92 Å². The van der Waals surface area contributed by atoms with E-state index in [0.29, 0.717) is 18.4 Å². The van der Waals surface area contributed by atoms with E-state index in [1.165, 1.54) is 13.8 Å². The minimum atomic E-state index is -0.635. The van der Waals surface area contributed by atoms with E-state index in [9.17, 15) is 14.4 Å². The number of ether oxygens (including phenoxy) is 4. The molecule has 0 bridgehead atoms. The number of carbonyl (C=O) groups excluding carboxylic acids is 3. The van der Waals surface area contributed by atoms with Crippen molar-refractivity contribution in [3.8, 4) is 0 Å². The van der Waals surface area contributed by atoms with Crippen molar-refractivity contribution in [2.75, 3.05) is 0 Å². The molecular formula is C24H32O7. The van der Waals surface area contributed by atoms with E-state index < -0.39 is 41.8 Å². The molecule has 1 aliphatic carbocycles. The van der Waals surface area contributed by atoms with Crippen molar-refractivity contribution in [1.29, 1.82) is 0 Å². The molecule has 0 amide bonds. The summed E-state index contributed by atoms with van der Waals surface area (Å²) in [5.74, 6) is -1.78. The summed E-state index contributed by atoms with van der Waals surface area (Å²) in [6.07, 6.45) is 4.62. The van der Waals surface area contributed by atoms with Crippen LogP contribution >= 0.6 is 0 Å². The van der Waals surface area contributed by atoms with Crippen molar-refractivity contribution < 1.29 is 33.3 Å². The third-order valence-electron chi connectivity index (χ3n) is 6.19. The lowest BCUT2D eigenvalue weighted by Gasteiger charge is -2.27. The zero-order chi connectivity index (χ0) is 22.9. The molecule has 31 heavy (non-hydrogen) atoms. The third-order valence-corrected chi connectivity index (χ3v) is 6.19. The number of rotatable bonds is 2. The van der Waals surface area contributed by atoms with Crippen LogP contribution in [0.3, 0.4) is 0 Å². The highest BCUT2D eigenvalue weighted by Gasteiger charge is 2.63. The van der Waals surface area contributed by atoms with Crippen LogP contribution in [0.1, 0.15) is 60.3 Å². The fraction of sp³-hybridized carbons (Fsp3) is 0.625. The Hall–Kier alpha value is -2.41. The molecule has 0 aromatic rings. The molecule has 0 unspecified atom stereocenters. The molecule has 170 valence electrons. The minimum Gasteiger partial charge on any atom is -0.461 e. The maximum atomic E-state index is 12.4.